The number of aryl methyl sites for hydroxylation is 1. The average molecular weight is 473 g/mol. The fourth-order valence-electron chi connectivity index (χ4n) is 4.85. The van der Waals surface area contributed by atoms with Crippen LogP contribution in [0.25, 0.3) is 33.6 Å². The van der Waals surface area contributed by atoms with Gasteiger partial charge < -0.3 is 19.4 Å². The number of aromatic nitrogens is 4. The molecule has 0 spiro atoms. The molecule has 1 amide bonds. The largest absolute Gasteiger partial charge is 0.342 e. The first kappa shape index (κ1) is 23.5. The minimum absolute atomic E-state index is 0.0535. The molecular weight excluding hydrogens is 436 g/mol. The molecule has 7 nitrogen and oxygen atoms in total. The fourth-order valence-corrected chi connectivity index (χ4v) is 4.85. The predicted octanol–water partition coefficient (Wildman–Crippen LogP) is 4.85. The van der Waals surface area contributed by atoms with Gasteiger partial charge in [-0.15, -0.1) is 0 Å². The predicted molar refractivity (Wildman–Crippen MR) is 142 cm³/mol. The van der Waals surface area contributed by atoms with Crippen molar-refractivity contribution in [2.45, 2.75) is 45.6 Å². The second-order valence-corrected chi connectivity index (χ2v) is 9.84. The maximum atomic E-state index is 13.1. The summed E-state index contributed by atoms with van der Waals surface area (Å²) in [6.45, 7) is 5.92. The molecular formula is C28H36N6O. The van der Waals surface area contributed by atoms with Crippen molar-refractivity contribution in [1.29, 1.82) is 0 Å². The first-order valence-corrected chi connectivity index (χ1v) is 12.9. The Hall–Kier alpha value is -3.19. The van der Waals surface area contributed by atoms with Crippen molar-refractivity contribution in [2.75, 3.05) is 26.7 Å². The van der Waals surface area contributed by atoms with Crippen molar-refractivity contribution >= 4 is 28.0 Å². The fraction of sp³-hybridized carbons (Fsp3) is 0.464. The maximum absolute atomic E-state index is 13.1. The second-order valence-electron chi connectivity index (χ2n) is 9.84. The van der Waals surface area contributed by atoms with Crippen molar-refractivity contribution in [3.63, 3.8) is 0 Å². The Morgan fingerprint density at radius 1 is 1.17 bits per heavy atom. The van der Waals surface area contributed by atoms with E-state index in [2.05, 4.69) is 45.5 Å². The summed E-state index contributed by atoms with van der Waals surface area (Å²) in [5.74, 6) is 1.69. The lowest BCUT2D eigenvalue weighted by Gasteiger charge is -2.17. The molecule has 0 aliphatic heterocycles. The number of nitrogens with one attached hydrogen (secondary N) is 1. The zero-order chi connectivity index (χ0) is 24.4. The van der Waals surface area contributed by atoms with Crippen LogP contribution >= 0.6 is 0 Å². The Kier molecular flexibility index (Phi) is 6.86. The Morgan fingerprint density at radius 2 is 2.03 bits per heavy atom. The first-order valence-electron chi connectivity index (χ1n) is 12.9. The van der Waals surface area contributed by atoms with Crippen LogP contribution in [0, 0.1) is 5.92 Å². The highest BCUT2D eigenvalue weighted by Gasteiger charge is 2.26. The quantitative estimate of drug-likeness (QED) is 0.317. The summed E-state index contributed by atoms with van der Waals surface area (Å²) in [5.41, 5.74) is 4.68. The molecule has 1 N–H and O–H groups in total. The molecule has 0 unspecified atom stereocenters. The van der Waals surface area contributed by atoms with Gasteiger partial charge in [-0.2, -0.15) is 0 Å². The number of fused-ring (bicyclic) bond motifs is 2. The van der Waals surface area contributed by atoms with E-state index < -0.39 is 0 Å². The lowest BCUT2D eigenvalue weighted by atomic mass is 10.1. The zero-order valence-electron chi connectivity index (χ0n) is 21.1. The topological polar surface area (TPSA) is 68.0 Å². The third-order valence-corrected chi connectivity index (χ3v) is 7.09. The van der Waals surface area contributed by atoms with E-state index in [-0.39, 0.29) is 5.91 Å². The van der Waals surface area contributed by atoms with Gasteiger partial charge in [0.25, 0.3) is 5.91 Å². The number of imidazole rings is 1. The van der Waals surface area contributed by atoms with Gasteiger partial charge in [-0.3, -0.25) is 4.79 Å². The second kappa shape index (κ2) is 10.2. The Morgan fingerprint density at radius 3 is 2.83 bits per heavy atom. The van der Waals surface area contributed by atoms with Crippen LogP contribution in [0.1, 0.15) is 49.4 Å². The van der Waals surface area contributed by atoms with Gasteiger partial charge in [-0.05, 0) is 81.1 Å². The van der Waals surface area contributed by atoms with E-state index in [0.717, 1.165) is 84.9 Å². The summed E-state index contributed by atoms with van der Waals surface area (Å²) in [4.78, 5) is 24.6. The summed E-state index contributed by atoms with van der Waals surface area (Å²) >= 11 is 0. The van der Waals surface area contributed by atoms with Crippen molar-refractivity contribution in [2.24, 2.45) is 13.0 Å². The average Bonchev–Trinajstić information content (AvgIpc) is 3.54. The molecule has 0 bridgehead atoms. The highest BCUT2D eigenvalue weighted by atomic mass is 16.2. The van der Waals surface area contributed by atoms with E-state index in [9.17, 15) is 4.79 Å². The SMILES string of the molecule is CCNCCCCCN(C)C(=O)c1ccc2c(c1)nc(-c1cc3cccnc3n1CC1CC1)n2C. The monoisotopic (exact) mass is 472 g/mol. The van der Waals surface area contributed by atoms with Crippen LogP contribution in [0.5, 0.6) is 0 Å². The number of hydrogen-bond donors (Lipinski definition) is 1. The summed E-state index contributed by atoms with van der Waals surface area (Å²) in [6.07, 6.45) is 7.71. The number of nitrogens with zero attached hydrogens (tertiary/aromatic N) is 5. The van der Waals surface area contributed by atoms with Gasteiger partial charge in [0, 0.05) is 44.3 Å². The van der Waals surface area contributed by atoms with Crippen molar-refractivity contribution in [1.82, 2.24) is 29.3 Å². The Balaban J connectivity index is 1.38. The molecule has 7 heteroatoms. The molecule has 1 saturated carbocycles. The van der Waals surface area contributed by atoms with Gasteiger partial charge in [-0.1, -0.05) is 13.3 Å². The first-order chi connectivity index (χ1) is 17.1. The van der Waals surface area contributed by atoms with Gasteiger partial charge in [0.15, 0.2) is 5.82 Å². The molecule has 0 saturated heterocycles. The van der Waals surface area contributed by atoms with Crippen LogP contribution < -0.4 is 5.32 Å². The van der Waals surface area contributed by atoms with E-state index in [4.69, 9.17) is 4.98 Å². The Labute approximate surface area is 207 Å². The minimum Gasteiger partial charge on any atom is -0.342 e. The van der Waals surface area contributed by atoms with Gasteiger partial charge in [-0.25, -0.2) is 9.97 Å². The number of benzene rings is 1. The molecule has 35 heavy (non-hydrogen) atoms. The Bertz CT molecular complexity index is 1330. The molecule has 184 valence electrons. The number of carbonyl (C=O) groups excluding carboxylic acids is 1. The van der Waals surface area contributed by atoms with Gasteiger partial charge >= 0.3 is 0 Å². The molecule has 4 aromatic rings. The van der Waals surface area contributed by atoms with E-state index in [0.29, 0.717) is 5.56 Å². The highest BCUT2D eigenvalue weighted by molar-refractivity contribution is 5.98. The molecule has 1 fully saturated rings. The van der Waals surface area contributed by atoms with E-state index in [1.807, 2.05) is 42.4 Å². The number of amides is 1. The van der Waals surface area contributed by atoms with Gasteiger partial charge in [0.1, 0.15) is 5.65 Å². The molecule has 3 aromatic heterocycles. The van der Waals surface area contributed by atoms with Gasteiger partial charge in [0.05, 0.1) is 16.7 Å². The van der Waals surface area contributed by atoms with Crippen molar-refractivity contribution in [3.8, 4) is 11.5 Å². The zero-order valence-corrected chi connectivity index (χ0v) is 21.1. The van der Waals surface area contributed by atoms with Crippen LogP contribution in [0.4, 0.5) is 0 Å². The van der Waals surface area contributed by atoms with Crippen LogP contribution in [-0.2, 0) is 13.6 Å². The molecule has 5 rings (SSSR count). The smallest absolute Gasteiger partial charge is 0.253 e. The third kappa shape index (κ3) is 4.96. The molecule has 0 radical (unpaired) electrons. The third-order valence-electron chi connectivity index (χ3n) is 7.09. The molecule has 1 aliphatic rings. The standard InChI is InChI=1S/C28H36N6O/c1-4-29-14-6-5-7-16-32(2)28(35)22-12-13-24-23(17-22)31-27(33(24)3)25-18-21-9-8-15-30-26(21)34(25)19-20-10-11-20/h8-9,12-13,15,17-18,20,29H,4-7,10-11,14,16,19H2,1-3H3. The summed E-state index contributed by atoms with van der Waals surface area (Å²) in [5, 5.41) is 4.49. The van der Waals surface area contributed by atoms with E-state index in [1.165, 1.54) is 12.8 Å². The normalized spacial score (nSPS) is 13.7. The van der Waals surface area contributed by atoms with Gasteiger partial charge in [0.2, 0.25) is 0 Å². The van der Waals surface area contributed by atoms with Crippen LogP contribution in [0.15, 0.2) is 42.6 Å². The molecule has 1 aliphatic carbocycles. The van der Waals surface area contributed by atoms with Crippen LogP contribution in [-0.4, -0.2) is 56.6 Å². The highest BCUT2D eigenvalue weighted by Crippen LogP contribution is 2.35. The molecule has 3 heterocycles. The number of carbonyl (C=O) groups is 1. The van der Waals surface area contributed by atoms with Crippen LogP contribution in [0.2, 0.25) is 0 Å². The maximum Gasteiger partial charge on any atom is 0.253 e. The van der Waals surface area contributed by atoms with E-state index >= 15 is 0 Å². The molecule has 0 atom stereocenters. The number of pyridine rings is 1. The minimum atomic E-state index is 0.0535. The van der Waals surface area contributed by atoms with Crippen molar-refractivity contribution < 1.29 is 4.79 Å². The molecule has 1 aromatic carbocycles. The number of unbranched alkanes of at least 4 members (excludes halogenated alkanes) is 2. The summed E-state index contributed by atoms with van der Waals surface area (Å²) < 4.78 is 4.46. The number of rotatable bonds is 11. The lowest BCUT2D eigenvalue weighted by Crippen LogP contribution is -2.27. The van der Waals surface area contributed by atoms with Crippen molar-refractivity contribution in [3.05, 3.63) is 48.2 Å². The van der Waals surface area contributed by atoms with Crippen LogP contribution in [0.3, 0.4) is 0 Å². The lowest BCUT2D eigenvalue weighted by molar-refractivity contribution is 0.0792. The summed E-state index contributed by atoms with van der Waals surface area (Å²) in [6, 6.07) is 12.2. The van der Waals surface area contributed by atoms with E-state index in [1.54, 1.807) is 0 Å². The summed E-state index contributed by atoms with van der Waals surface area (Å²) in [7, 11) is 3.95. The number of hydrogen-bond acceptors (Lipinski definition) is 4.